The van der Waals surface area contributed by atoms with Crippen molar-refractivity contribution in [2.24, 2.45) is 0 Å². The van der Waals surface area contributed by atoms with Crippen LogP contribution in [-0.4, -0.2) is 52.1 Å². The van der Waals surface area contributed by atoms with Crippen LogP contribution in [0.15, 0.2) is 22.6 Å². The fourth-order valence-corrected chi connectivity index (χ4v) is 3.59. The van der Waals surface area contributed by atoms with Crippen LogP contribution in [0.25, 0.3) is 0 Å². The van der Waals surface area contributed by atoms with Gasteiger partial charge in [-0.15, -0.1) is 10.2 Å². The molecule has 0 atom stereocenters. The summed E-state index contributed by atoms with van der Waals surface area (Å²) in [4.78, 5) is 16.6. The molecule has 1 saturated heterocycles. The second kappa shape index (κ2) is 7.94. The number of halogens is 2. The molecule has 0 radical (unpaired) electrons. The van der Waals surface area contributed by atoms with Gasteiger partial charge in [0.1, 0.15) is 5.82 Å². The van der Waals surface area contributed by atoms with Crippen molar-refractivity contribution in [2.45, 2.75) is 38.1 Å². The smallest absolute Gasteiger partial charge is 0.230 e. The van der Waals surface area contributed by atoms with Crippen molar-refractivity contribution in [3.05, 3.63) is 46.4 Å². The lowest BCUT2D eigenvalue weighted by Crippen LogP contribution is -2.36. The van der Waals surface area contributed by atoms with E-state index in [2.05, 4.69) is 15.1 Å². The van der Waals surface area contributed by atoms with Crippen molar-refractivity contribution in [1.82, 2.24) is 20.0 Å². The molecule has 4 rings (SSSR count). The molecule has 8 heteroatoms. The first-order chi connectivity index (χ1) is 13.1. The Labute approximate surface area is 162 Å². The van der Waals surface area contributed by atoms with Gasteiger partial charge in [-0.1, -0.05) is 17.7 Å². The quantitative estimate of drug-likeness (QED) is 0.782. The lowest BCUT2D eigenvalue weighted by molar-refractivity contribution is -0.130. The molecule has 2 aliphatic rings. The highest BCUT2D eigenvalue weighted by atomic mass is 35.5. The molecule has 0 unspecified atom stereocenters. The molecule has 1 saturated carbocycles. The van der Waals surface area contributed by atoms with Crippen LogP contribution in [0.4, 0.5) is 4.39 Å². The molecule has 144 valence electrons. The Morgan fingerprint density at radius 2 is 2.07 bits per heavy atom. The summed E-state index contributed by atoms with van der Waals surface area (Å²) in [6.07, 6.45) is 3.10. The second-order valence-corrected chi connectivity index (χ2v) is 7.60. The van der Waals surface area contributed by atoms with E-state index >= 15 is 0 Å². The Bertz CT molecular complexity index is 804. The summed E-state index contributed by atoms with van der Waals surface area (Å²) in [6.45, 7) is 3.41. The van der Waals surface area contributed by atoms with Gasteiger partial charge < -0.3 is 9.32 Å². The summed E-state index contributed by atoms with van der Waals surface area (Å²) in [5, 5.41) is 8.55. The van der Waals surface area contributed by atoms with Gasteiger partial charge in [-0.05, 0) is 31.4 Å². The zero-order chi connectivity index (χ0) is 18.8. The molecule has 0 N–H and O–H groups in total. The highest BCUT2D eigenvalue weighted by molar-refractivity contribution is 6.31. The first-order valence-corrected chi connectivity index (χ1v) is 9.73. The fourth-order valence-electron chi connectivity index (χ4n) is 3.36. The van der Waals surface area contributed by atoms with Gasteiger partial charge >= 0.3 is 0 Å². The lowest BCUT2D eigenvalue weighted by atomic mass is 10.1. The molecule has 2 heterocycles. The van der Waals surface area contributed by atoms with E-state index in [-0.39, 0.29) is 17.9 Å². The number of hydrogen-bond acceptors (Lipinski definition) is 5. The number of amides is 1. The Hall–Kier alpha value is -1.99. The van der Waals surface area contributed by atoms with E-state index in [0.29, 0.717) is 36.5 Å². The molecular formula is C19H22ClFN4O2. The summed E-state index contributed by atoms with van der Waals surface area (Å²) in [7, 11) is 0. The maximum atomic E-state index is 13.9. The Kier molecular flexibility index (Phi) is 5.41. The predicted octanol–water partition coefficient (Wildman–Crippen LogP) is 3.02. The number of benzene rings is 1. The van der Waals surface area contributed by atoms with E-state index in [0.717, 1.165) is 38.2 Å². The minimum Gasteiger partial charge on any atom is -0.424 e. The Morgan fingerprint density at radius 3 is 2.85 bits per heavy atom. The maximum absolute atomic E-state index is 13.9. The zero-order valence-electron chi connectivity index (χ0n) is 15.0. The van der Waals surface area contributed by atoms with Crippen LogP contribution < -0.4 is 0 Å². The molecule has 1 aliphatic carbocycles. The highest BCUT2D eigenvalue weighted by Crippen LogP contribution is 2.39. The van der Waals surface area contributed by atoms with Gasteiger partial charge in [0.15, 0.2) is 0 Å². The van der Waals surface area contributed by atoms with Gasteiger partial charge in [0.2, 0.25) is 17.7 Å². The van der Waals surface area contributed by atoms with Crippen LogP contribution in [0.3, 0.4) is 0 Å². The summed E-state index contributed by atoms with van der Waals surface area (Å²) < 4.78 is 19.7. The molecule has 0 spiro atoms. The summed E-state index contributed by atoms with van der Waals surface area (Å²) >= 11 is 6.04. The van der Waals surface area contributed by atoms with Crippen LogP contribution in [0, 0.1) is 5.82 Å². The van der Waals surface area contributed by atoms with Crippen molar-refractivity contribution in [1.29, 1.82) is 0 Å². The fraction of sp³-hybridized carbons (Fsp3) is 0.526. The largest absolute Gasteiger partial charge is 0.424 e. The Balaban J connectivity index is 1.32. The van der Waals surface area contributed by atoms with Crippen molar-refractivity contribution >= 4 is 17.5 Å². The summed E-state index contributed by atoms with van der Waals surface area (Å²) in [5.41, 5.74) is 0.267. The van der Waals surface area contributed by atoms with Gasteiger partial charge in [0, 0.05) is 42.7 Å². The number of nitrogens with zero attached hydrogens (tertiary/aromatic N) is 4. The van der Waals surface area contributed by atoms with Crippen LogP contribution in [0.2, 0.25) is 5.02 Å². The molecule has 2 aromatic rings. The zero-order valence-corrected chi connectivity index (χ0v) is 15.8. The average molecular weight is 393 g/mol. The standard InChI is InChI=1S/C19H22ClFN4O2/c20-15-3-1-4-16(21)14(15)11-18(26)25-8-2-7-24(9-10-25)12-17-22-23-19(27-17)13-5-6-13/h1,3-4,13H,2,5-12H2. The van der Waals surface area contributed by atoms with Crippen molar-refractivity contribution < 1.29 is 13.6 Å². The maximum Gasteiger partial charge on any atom is 0.230 e. The lowest BCUT2D eigenvalue weighted by Gasteiger charge is -2.21. The minimum atomic E-state index is -0.435. The molecule has 6 nitrogen and oxygen atoms in total. The van der Waals surface area contributed by atoms with Gasteiger partial charge in [-0.2, -0.15) is 0 Å². The van der Waals surface area contributed by atoms with E-state index < -0.39 is 5.82 Å². The van der Waals surface area contributed by atoms with Crippen LogP contribution in [-0.2, 0) is 17.8 Å². The number of aromatic nitrogens is 2. The van der Waals surface area contributed by atoms with E-state index in [1.807, 2.05) is 0 Å². The van der Waals surface area contributed by atoms with Crippen LogP contribution in [0.1, 0.15) is 42.5 Å². The third-order valence-electron chi connectivity index (χ3n) is 5.10. The molecule has 1 amide bonds. The second-order valence-electron chi connectivity index (χ2n) is 7.20. The predicted molar refractivity (Wildman–Crippen MR) is 97.9 cm³/mol. The molecule has 2 fully saturated rings. The molecule has 1 aliphatic heterocycles. The number of carbonyl (C=O) groups excluding carboxylic acids is 1. The van der Waals surface area contributed by atoms with Crippen LogP contribution >= 0.6 is 11.6 Å². The third kappa shape index (κ3) is 4.47. The molecule has 0 bridgehead atoms. The Morgan fingerprint density at radius 1 is 1.22 bits per heavy atom. The summed E-state index contributed by atoms with van der Waals surface area (Å²) in [5.74, 6) is 1.30. The normalized spacial score (nSPS) is 18.5. The monoisotopic (exact) mass is 392 g/mol. The SMILES string of the molecule is O=C(Cc1c(F)cccc1Cl)N1CCCN(Cc2nnc(C3CC3)o2)CC1. The van der Waals surface area contributed by atoms with E-state index in [1.54, 1.807) is 17.0 Å². The van der Waals surface area contributed by atoms with Gasteiger partial charge in [0.25, 0.3) is 0 Å². The summed E-state index contributed by atoms with van der Waals surface area (Å²) in [6, 6.07) is 4.48. The number of hydrogen-bond donors (Lipinski definition) is 0. The van der Waals surface area contributed by atoms with Crippen molar-refractivity contribution in [3.8, 4) is 0 Å². The van der Waals surface area contributed by atoms with Gasteiger partial charge in [0.05, 0.1) is 13.0 Å². The third-order valence-corrected chi connectivity index (χ3v) is 5.45. The molecule has 1 aromatic carbocycles. The van der Waals surface area contributed by atoms with Gasteiger partial charge in [-0.3, -0.25) is 9.69 Å². The topological polar surface area (TPSA) is 62.5 Å². The number of rotatable bonds is 5. The first-order valence-electron chi connectivity index (χ1n) is 9.35. The number of carbonyl (C=O) groups is 1. The van der Waals surface area contributed by atoms with E-state index in [9.17, 15) is 9.18 Å². The first kappa shape index (κ1) is 18.4. The highest BCUT2D eigenvalue weighted by Gasteiger charge is 2.30. The van der Waals surface area contributed by atoms with E-state index in [1.165, 1.54) is 6.07 Å². The average Bonchev–Trinajstić information content (AvgIpc) is 3.43. The molecular weight excluding hydrogens is 371 g/mol. The molecule has 27 heavy (non-hydrogen) atoms. The molecule has 1 aromatic heterocycles. The van der Waals surface area contributed by atoms with Crippen LogP contribution in [0.5, 0.6) is 0 Å². The minimum absolute atomic E-state index is 0.0140. The van der Waals surface area contributed by atoms with Crippen molar-refractivity contribution in [2.75, 3.05) is 26.2 Å². The van der Waals surface area contributed by atoms with E-state index in [4.69, 9.17) is 16.0 Å². The van der Waals surface area contributed by atoms with Gasteiger partial charge in [-0.25, -0.2) is 4.39 Å². The van der Waals surface area contributed by atoms with Crippen molar-refractivity contribution in [3.63, 3.8) is 0 Å².